The molecule has 30 heavy (non-hydrogen) atoms. The van der Waals surface area contributed by atoms with Crippen molar-refractivity contribution in [3.05, 3.63) is 29.8 Å². The van der Waals surface area contributed by atoms with E-state index in [0.717, 1.165) is 50.6 Å². The number of amides is 1. The van der Waals surface area contributed by atoms with Crippen molar-refractivity contribution in [3.8, 4) is 5.75 Å². The molecule has 7 nitrogen and oxygen atoms in total. The van der Waals surface area contributed by atoms with Crippen LogP contribution in [0.1, 0.15) is 19.8 Å². The standard InChI is InChI=1S/C21H30F2N4O3/c1-2-24-21(25-7-12-30-17-3-4-18(22)19(23)15-17)27-8-5-16(6-9-27)20(28)26-10-13-29-14-11-26/h3-4,15-16H,2,5-14H2,1H3,(H,24,25). The normalized spacial score (nSPS) is 18.4. The molecule has 2 saturated heterocycles. The molecule has 0 atom stereocenters. The van der Waals surface area contributed by atoms with Crippen LogP contribution >= 0.6 is 0 Å². The van der Waals surface area contributed by atoms with Crippen LogP contribution in [-0.2, 0) is 9.53 Å². The van der Waals surface area contributed by atoms with Crippen LogP contribution in [0.15, 0.2) is 23.2 Å². The molecule has 2 fully saturated rings. The highest BCUT2D eigenvalue weighted by atomic mass is 19.2. The fraction of sp³-hybridized carbons (Fsp3) is 0.619. The van der Waals surface area contributed by atoms with Gasteiger partial charge >= 0.3 is 0 Å². The third kappa shape index (κ3) is 6.04. The van der Waals surface area contributed by atoms with Crippen LogP contribution in [0.4, 0.5) is 8.78 Å². The number of rotatable bonds is 6. The molecule has 2 aliphatic heterocycles. The van der Waals surface area contributed by atoms with Gasteiger partial charge in [-0.2, -0.15) is 0 Å². The molecule has 0 spiro atoms. The van der Waals surface area contributed by atoms with Crippen molar-refractivity contribution in [1.29, 1.82) is 0 Å². The molecule has 0 radical (unpaired) electrons. The summed E-state index contributed by atoms with van der Waals surface area (Å²) < 4.78 is 37.0. The molecule has 9 heteroatoms. The Morgan fingerprint density at radius 2 is 1.90 bits per heavy atom. The number of aliphatic imine (C=N–C) groups is 1. The van der Waals surface area contributed by atoms with E-state index in [1.165, 1.54) is 6.07 Å². The highest BCUT2D eigenvalue weighted by molar-refractivity contribution is 5.81. The number of nitrogens with one attached hydrogen (secondary N) is 1. The minimum atomic E-state index is -0.932. The Bertz CT molecular complexity index is 733. The Balaban J connectivity index is 1.47. The van der Waals surface area contributed by atoms with Crippen molar-refractivity contribution >= 4 is 11.9 Å². The number of nitrogens with zero attached hydrogens (tertiary/aromatic N) is 3. The maximum atomic E-state index is 13.2. The predicted octanol–water partition coefficient (Wildman–Crippen LogP) is 1.88. The summed E-state index contributed by atoms with van der Waals surface area (Å²) in [7, 11) is 0. The lowest BCUT2D eigenvalue weighted by Crippen LogP contribution is -2.50. The van der Waals surface area contributed by atoms with Crippen LogP contribution in [0.25, 0.3) is 0 Å². The van der Waals surface area contributed by atoms with Gasteiger partial charge in [-0.25, -0.2) is 13.8 Å². The fourth-order valence-corrected chi connectivity index (χ4v) is 3.69. The molecule has 2 aliphatic rings. The molecule has 2 heterocycles. The summed E-state index contributed by atoms with van der Waals surface area (Å²) >= 11 is 0. The monoisotopic (exact) mass is 424 g/mol. The molecule has 0 aliphatic carbocycles. The van der Waals surface area contributed by atoms with Gasteiger partial charge < -0.3 is 24.6 Å². The van der Waals surface area contributed by atoms with Crippen LogP contribution < -0.4 is 10.1 Å². The summed E-state index contributed by atoms with van der Waals surface area (Å²) in [6, 6.07) is 3.46. The maximum Gasteiger partial charge on any atom is 0.225 e. The number of hydrogen-bond donors (Lipinski definition) is 1. The van der Waals surface area contributed by atoms with Crippen LogP contribution in [0, 0.1) is 17.6 Å². The SMILES string of the molecule is CCNC(=NCCOc1ccc(F)c(F)c1)N1CCC(C(=O)N2CCOCC2)CC1. The average molecular weight is 424 g/mol. The van der Waals surface area contributed by atoms with Gasteiger partial charge in [0.05, 0.1) is 19.8 Å². The Morgan fingerprint density at radius 1 is 1.17 bits per heavy atom. The number of benzene rings is 1. The highest BCUT2D eigenvalue weighted by Gasteiger charge is 2.30. The number of likely N-dealkylation sites (tertiary alicyclic amines) is 1. The zero-order chi connectivity index (χ0) is 21.3. The smallest absolute Gasteiger partial charge is 0.225 e. The average Bonchev–Trinajstić information content (AvgIpc) is 2.78. The Labute approximate surface area is 176 Å². The Hall–Kier alpha value is -2.42. The van der Waals surface area contributed by atoms with E-state index < -0.39 is 11.6 Å². The predicted molar refractivity (Wildman–Crippen MR) is 110 cm³/mol. The van der Waals surface area contributed by atoms with E-state index >= 15 is 0 Å². The number of ether oxygens (including phenoxy) is 2. The summed E-state index contributed by atoms with van der Waals surface area (Å²) in [6.45, 7) is 7.50. The first kappa shape index (κ1) is 22.3. The highest BCUT2D eigenvalue weighted by Crippen LogP contribution is 2.20. The lowest BCUT2D eigenvalue weighted by molar-refractivity contribution is -0.140. The number of halogens is 2. The minimum absolute atomic E-state index is 0.0546. The second kappa shape index (κ2) is 11.1. The Morgan fingerprint density at radius 3 is 2.57 bits per heavy atom. The molecule has 1 amide bonds. The number of guanidine groups is 1. The van der Waals surface area contributed by atoms with E-state index in [2.05, 4.69) is 15.2 Å². The summed E-state index contributed by atoms with van der Waals surface area (Å²) in [5.74, 6) is -0.483. The number of carbonyl (C=O) groups is 1. The lowest BCUT2D eigenvalue weighted by atomic mass is 9.95. The van der Waals surface area contributed by atoms with E-state index in [-0.39, 0.29) is 24.2 Å². The zero-order valence-corrected chi connectivity index (χ0v) is 17.4. The van der Waals surface area contributed by atoms with E-state index in [0.29, 0.717) is 32.8 Å². The van der Waals surface area contributed by atoms with Gasteiger partial charge in [0.2, 0.25) is 5.91 Å². The molecule has 1 aromatic rings. The lowest BCUT2D eigenvalue weighted by Gasteiger charge is -2.36. The van der Waals surface area contributed by atoms with Gasteiger partial charge in [0.25, 0.3) is 0 Å². The maximum absolute atomic E-state index is 13.2. The number of morpholine rings is 1. The quantitative estimate of drug-likeness (QED) is 0.429. The van der Waals surface area contributed by atoms with Crippen molar-refractivity contribution in [2.45, 2.75) is 19.8 Å². The van der Waals surface area contributed by atoms with E-state index in [1.807, 2.05) is 11.8 Å². The van der Waals surface area contributed by atoms with Gasteiger partial charge in [-0.1, -0.05) is 0 Å². The first-order valence-corrected chi connectivity index (χ1v) is 10.6. The van der Waals surface area contributed by atoms with Gasteiger partial charge in [-0.05, 0) is 31.9 Å². The first-order chi connectivity index (χ1) is 14.6. The molecule has 1 aromatic carbocycles. The molecular weight excluding hydrogens is 394 g/mol. The number of piperidine rings is 1. The topological polar surface area (TPSA) is 66.4 Å². The summed E-state index contributed by atoms with van der Waals surface area (Å²) in [4.78, 5) is 21.3. The van der Waals surface area contributed by atoms with E-state index in [1.54, 1.807) is 0 Å². The molecule has 0 saturated carbocycles. The van der Waals surface area contributed by atoms with Crippen LogP contribution in [0.3, 0.4) is 0 Å². The van der Waals surface area contributed by atoms with Crippen molar-refractivity contribution < 1.29 is 23.0 Å². The molecular formula is C21H30F2N4O3. The molecule has 3 rings (SSSR count). The Kier molecular flexibility index (Phi) is 8.24. The fourth-order valence-electron chi connectivity index (χ4n) is 3.69. The van der Waals surface area contributed by atoms with Crippen LogP contribution in [0.2, 0.25) is 0 Å². The second-order valence-electron chi connectivity index (χ2n) is 7.36. The van der Waals surface area contributed by atoms with Crippen LogP contribution in [0.5, 0.6) is 5.75 Å². The summed E-state index contributed by atoms with van der Waals surface area (Å²) in [5.41, 5.74) is 0. The van der Waals surface area contributed by atoms with Crippen molar-refractivity contribution in [1.82, 2.24) is 15.1 Å². The largest absolute Gasteiger partial charge is 0.492 e. The molecule has 0 bridgehead atoms. The molecule has 166 valence electrons. The van der Waals surface area contributed by atoms with Crippen LogP contribution in [-0.4, -0.2) is 80.8 Å². The molecule has 0 aromatic heterocycles. The summed E-state index contributed by atoms with van der Waals surface area (Å²) in [6.07, 6.45) is 1.60. The first-order valence-electron chi connectivity index (χ1n) is 10.6. The van der Waals surface area contributed by atoms with Crippen molar-refractivity contribution in [3.63, 3.8) is 0 Å². The molecule has 0 unspecified atom stereocenters. The van der Waals surface area contributed by atoms with Crippen molar-refractivity contribution in [2.75, 3.05) is 59.1 Å². The third-order valence-corrected chi connectivity index (χ3v) is 5.31. The van der Waals surface area contributed by atoms with Crippen molar-refractivity contribution in [2.24, 2.45) is 10.9 Å². The number of carbonyl (C=O) groups excluding carboxylic acids is 1. The van der Waals surface area contributed by atoms with Gasteiger partial charge in [-0.15, -0.1) is 0 Å². The van der Waals surface area contributed by atoms with E-state index in [4.69, 9.17) is 9.47 Å². The van der Waals surface area contributed by atoms with Gasteiger partial charge in [-0.3, -0.25) is 4.79 Å². The summed E-state index contributed by atoms with van der Waals surface area (Å²) in [5, 5.41) is 3.27. The van der Waals surface area contributed by atoms with Gasteiger partial charge in [0.15, 0.2) is 17.6 Å². The zero-order valence-electron chi connectivity index (χ0n) is 17.4. The third-order valence-electron chi connectivity index (χ3n) is 5.31. The molecule has 1 N–H and O–H groups in total. The number of hydrogen-bond acceptors (Lipinski definition) is 4. The van der Waals surface area contributed by atoms with Gasteiger partial charge in [0, 0.05) is 44.7 Å². The van der Waals surface area contributed by atoms with E-state index in [9.17, 15) is 13.6 Å². The van der Waals surface area contributed by atoms with Gasteiger partial charge in [0.1, 0.15) is 12.4 Å². The minimum Gasteiger partial charge on any atom is -0.492 e. The second-order valence-corrected chi connectivity index (χ2v) is 7.36.